The lowest BCUT2D eigenvalue weighted by Crippen LogP contribution is -2.46. The Kier molecular flexibility index (Phi) is 5.34. The molecule has 3 aliphatic rings. The molecule has 0 aromatic heterocycles. The van der Waals surface area contributed by atoms with E-state index in [2.05, 4.69) is 6.07 Å². The minimum Gasteiger partial charge on any atom is -0.488 e. The molecule has 2 aromatic rings. The molecule has 1 amide bonds. The number of likely N-dealkylation sites (tertiary alicyclic amines) is 1. The molecule has 180 valence electrons. The maximum absolute atomic E-state index is 14.8. The van der Waals surface area contributed by atoms with Crippen LogP contribution in [0.2, 0.25) is 0 Å². The van der Waals surface area contributed by atoms with Crippen LogP contribution in [0.15, 0.2) is 24.3 Å². The summed E-state index contributed by atoms with van der Waals surface area (Å²) in [4.78, 5) is 26.3. The minimum atomic E-state index is -0.723. The summed E-state index contributed by atoms with van der Waals surface area (Å²) in [7, 11) is 1.23. The summed E-state index contributed by atoms with van der Waals surface area (Å²) in [6.45, 7) is 7.30. The molecule has 5 rings (SSSR count). The average Bonchev–Trinajstić information content (AvgIpc) is 3.15. The van der Waals surface area contributed by atoms with Gasteiger partial charge >= 0.3 is 12.1 Å². The third-order valence-corrected chi connectivity index (χ3v) is 7.31. The molecule has 7 heteroatoms. The van der Waals surface area contributed by atoms with Gasteiger partial charge in [0.05, 0.1) is 12.7 Å². The number of nitrogens with zero attached hydrogens (tertiary/aromatic N) is 1. The largest absolute Gasteiger partial charge is 0.488 e. The van der Waals surface area contributed by atoms with E-state index in [-0.39, 0.29) is 17.1 Å². The summed E-state index contributed by atoms with van der Waals surface area (Å²) in [5.74, 6) is -0.858. The van der Waals surface area contributed by atoms with Gasteiger partial charge in [0, 0.05) is 24.2 Å². The Morgan fingerprint density at radius 2 is 1.82 bits per heavy atom. The Morgan fingerprint density at radius 3 is 2.50 bits per heavy atom. The standard InChI is InChI=1S/C27H30FNO5/c1-26(2,3)34-25(31)29-11-9-27(10-12-29)8-7-16-5-6-17-18-13-21(28)19(24(30)32-4)14-22(18)33-15-20(17)23(16)27/h5-6,13-14H,7-12,15H2,1-4H3. The van der Waals surface area contributed by atoms with E-state index in [1.165, 1.54) is 30.4 Å². The number of rotatable bonds is 1. The monoisotopic (exact) mass is 467 g/mol. The average molecular weight is 468 g/mol. The summed E-state index contributed by atoms with van der Waals surface area (Å²) in [5.41, 5.74) is 4.65. The molecular weight excluding hydrogens is 437 g/mol. The van der Waals surface area contributed by atoms with Crippen LogP contribution in [-0.2, 0) is 27.9 Å². The van der Waals surface area contributed by atoms with Crippen LogP contribution in [-0.4, -0.2) is 42.8 Å². The summed E-state index contributed by atoms with van der Waals surface area (Å²) in [6, 6.07) is 6.99. The van der Waals surface area contributed by atoms with Crippen LogP contribution in [0, 0.1) is 5.82 Å². The molecule has 0 bridgehead atoms. The van der Waals surface area contributed by atoms with Gasteiger partial charge in [-0.2, -0.15) is 0 Å². The maximum Gasteiger partial charge on any atom is 0.410 e. The van der Waals surface area contributed by atoms with E-state index in [0.29, 0.717) is 31.0 Å². The Labute approximate surface area is 199 Å². The van der Waals surface area contributed by atoms with Crippen LogP contribution in [0.5, 0.6) is 5.75 Å². The quantitative estimate of drug-likeness (QED) is 0.527. The molecule has 0 atom stereocenters. The van der Waals surface area contributed by atoms with E-state index in [9.17, 15) is 14.0 Å². The van der Waals surface area contributed by atoms with Gasteiger partial charge < -0.3 is 19.1 Å². The number of hydrogen-bond donors (Lipinski definition) is 0. The highest BCUT2D eigenvalue weighted by Crippen LogP contribution is 2.52. The van der Waals surface area contributed by atoms with E-state index in [1.54, 1.807) is 4.90 Å². The van der Waals surface area contributed by atoms with Gasteiger partial charge in [0.15, 0.2) is 0 Å². The second-order valence-corrected chi connectivity index (χ2v) is 10.5. The number of ether oxygens (including phenoxy) is 3. The van der Waals surface area contributed by atoms with Crippen molar-refractivity contribution in [2.75, 3.05) is 20.2 Å². The van der Waals surface area contributed by atoms with Crippen molar-refractivity contribution in [1.82, 2.24) is 4.90 Å². The molecule has 1 saturated heterocycles. The summed E-state index contributed by atoms with van der Waals surface area (Å²) in [5, 5.41) is 0. The van der Waals surface area contributed by atoms with Crippen molar-refractivity contribution in [3.05, 3.63) is 52.3 Å². The van der Waals surface area contributed by atoms with Crippen molar-refractivity contribution in [2.45, 2.75) is 64.1 Å². The number of carbonyl (C=O) groups excluding carboxylic acids is 2. The molecule has 0 saturated carbocycles. The molecular formula is C27H30FNO5. The van der Waals surface area contributed by atoms with Gasteiger partial charge in [0.2, 0.25) is 0 Å². The summed E-state index contributed by atoms with van der Waals surface area (Å²) >= 11 is 0. The van der Waals surface area contributed by atoms with E-state index in [0.717, 1.165) is 36.8 Å². The summed E-state index contributed by atoms with van der Waals surface area (Å²) in [6.07, 6.45) is 3.47. The Morgan fingerprint density at radius 1 is 1.09 bits per heavy atom. The van der Waals surface area contributed by atoms with Crippen molar-refractivity contribution in [2.24, 2.45) is 0 Å². The fourth-order valence-corrected chi connectivity index (χ4v) is 5.71. The fraction of sp³-hybridized carbons (Fsp3) is 0.481. The van der Waals surface area contributed by atoms with Gasteiger partial charge in [-0.3, -0.25) is 0 Å². The van der Waals surface area contributed by atoms with Crippen molar-refractivity contribution in [1.29, 1.82) is 0 Å². The van der Waals surface area contributed by atoms with Crippen LogP contribution >= 0.6 is 0 Å². The predicted molar refractivity (Wildman–Crippen MR) is 125 cm³/mol. The van der Waals surface area contributed by atoms with Crippen molar-refractivity contribution in [3.63, 3.8) is 0 Å². The lowest BCUT2D eigenvalue weighted by Gasteiger charge is -2.41. The smallest absolute Gasteiger partial charge is 0.410 e. The first-order chi connectivity index (χ1) is 16.1. The predicted octanol–water partition coefficient (Wildman–Crippen LogP) is 5.39. The van der Waals surface area contributed by atoms with Crippen LogP contribution in [0.1, 0.15) is 67.1 Å². The molecule has 2 aliphatic heterocycles. The van der Waals surface area contributed by atoms with E-state index >= 15 is 0 Å². The van der Waals surface area contributed by atoms with Crippen LogP contribution < -0.4 is 4.74 Å². The van der Waals surface area contributed by atoms with Crippen LogP contribution in [0.4, 0.5) is 9.18 Å². The molecule has 34 heavy (non-hydrogen) atoms. The number of aryl methyl sites for hydroxylation is 1. The number of carbonyl (C=O) groups is 2. The third kappa shape index (κ3) is 3.71. The second kappa shape index (κ2) is 8.00. The Bertz CT molecular complexity index is 1170. The number of amides is 1. The van der Waals surface area contributed by atoms with E-state index < -0.39 is 17.4 Å². The summed E-state index contributed by atoms with van der Waals surface area (Å²) < 4.78 is 31.1. The number of methoxy groups -OCH3 is 1. The van der Waals surface area contributed by atoms with Gasteiger partial charge in [-0.1, -0.05) is 12.1 Å². The number of benzene rings is 2. The van der Waals surface area contributed by atoms with E-state index in [4.69, 9.17) is 14.2 Å². The zero-order valence-electron chi connectivity index (χ0n) is 20.1. The molecule has 0 unspecified atom stereocenters. The highest BCUT2D eigenvalue weighted by atomic mass is 19.1. The Balaban J connectivity index is 1.47. The van der Waals surface area contributed by atoms with Crippen LogP contribution in [0.25, 0.3) is 11.1 Å². The minimum absolute atomic E-state index is 0.0233. The normalized spacial score (nSPS) is 18.0. The number of hydrogen-bond acceptors (Lipinski definition) is 5. The molecule has 0 radical (unpaired) electrons. The van der Waals surface area contributed by atoms with Crippen LogP contribution in [0.3, 0.4) is 0 Å². The lowest BCUT2D eigenvalue weighted by molar-refractivity contribution is 0.0163. The molecule has 1 spiro atoms. The van der Waals surface area contributed by atoms with Gasteiger partial charge in [-0.25, -0.2) is 14.0 Å². The SMILES string of the molecule is COC(=O)c1cc2c(cc1F)-c1ccc3c(c1CO2)C1(CC3)CCN(C(=O)OC(C)(C)C)CC1. The first-order valence-corrected chi connectivity index (χ1v) is 11.8. The molecule has 1 fully saturated rings. The zero-order chi connectivity index (χ0) is 24.3. The lowest BCUT2D eigenvalue weighted by atomic mass is 9.71. The topological polar surface area (TPSA) is 65.1 Å². The first kappa shape index (κ1) is 22.7. The molecule has 2 heterocycles. The molecule has 6 nitrogen and oxygen atoms in total. The number of esters is 1. The number of piperidine rings is 1. The zero-order valence-corrected chi connectivity index (χ0v) is 20.1. The molecule has 0 N–H and O–H groups in total. The Hall–Kier alpha value is -3.09. The maximum atomic E-state index is 14.8. The van der Waals surface area contributed by atoms with Gasteiger partial charge in [-0.05, 0) is 80.7 Å². The number of fused-ring (bicyclic) bond motifs is 6. The third-order valence-electron chi connectivity index (χ3n) is 7.31. The highest BCUT2D eigenvalue weighted by molar-refractivity contribution is 5.92. The second-order valence-electron chi connectivity index (χ2n) is 10.5. The van der Waals surface area contributed by atoms with Crippen molar-refractivity contribution < 1.29 is 28.2 Å². The van der Waals surface area contributed by atoms with Gasteiger partial charge in [0.1, 0.15) is 23.8 Å². The molecule has 2 aromatic carbocycles. The fourth-order valence-electron chi connectivity index (χ4n) is 5.71. The van der Waals surface area contributed by atoms with Crippen molar-refractivity contribution >= 4 is 12.1 Å². The van der Waals surface area contributed by atoms with E-state index in [1.807, 2.05) is 26.8 Å². The van der Waals surface area contributed by atoms with Gasteiger partial charge in [0.25, 0.3) is 0 Å². The van der Waals surface area contributed by atoms with Crippen molar-refractivity contribution in [3.8, 4) is 16.9 Å². The first-order valence-electron chi connectivity index (χ1n) is 11.8. The number of halogens is 1. The highest BCUT2D eigenvalue weighted by Gasteiger charge is 2.45. The van der Waals surface area contributed by atoms with Gasteiger partial charge in [-0.15, -0.1) is 0 Å². The molecule has 1 aliphatic carbocycles.